The molecule has 138 valence electrons. The lowest BCUT2D eigenvalue weighted by molar-refractivity contribution is -0.139. The largest absolute Gasteiger partial charge is 0.368 e. The van der Waals surface area contributed by atoms with Crippen molar-refractivity contribution >= 4 is 11.7 Å². The highest BCUT2D eigenvalue weighted by molar-refractivity contribution is 5.76. The van der Waals surface area contributed by atoms with E-state index in [4.69, 9.17) is 4.74 Å². The van der Waals surface area contributed by atoms with Crippen LogP contribution in [0.3, 0.4) is 0 Å². The Balaban J connectivity index is 1.61. The summed E-state index contributed by atoms with van der Waals surface area (Å²) in [5.41, 5.74) is 1.67. The first kappa shape index (κ1) is 18.3. The van der Waals surface area contributed by atoms with E-state index in [1.807, 2.05) is 48.2 Å². The van der Waals surface area contributed by atoms with Gasteiger partial charge in [-0.15, -0.1) is 0 Å². The summed E-state index contributed by atoms with van der Waals surface area (Å²) < 4.78 is 19.1. The molecule has 0 spiro atoms. The predicted molar refractivity (Wildman–Crippen MR) is 98.6 cm³/mol. The van der Waals surface area contributed by atoms with Gasteiger partial charge in [0.15, 0.2) is 0 Å². The number of pyridine rings is 1. The van der Waals surface area contributed by atoms with E-state index in [1.54, 1.807) is 6.07 Å². The number of morpholine rings is 1. The highest BCUT2D eigenvalue weighted by Gasteiger charge is 2.26. The van der Waals surface area contributed by atoms with Gasteiger partial charge in [0.2, 0.25) is 5.91 Å². The maximum absolute atomic E-state index is 13.3. The second kappa shape index (κ2) is 8.27. The van der Waals surface area contributed by atoms with Gasteiger partial charge in [-0.2, -0.15) is 0 Å². The molecule has 2 aromatic rings. The number of aryl methyl sites for hydroxylation is 1. The summed E-state index contributed by atoms with van der Waals surface area (Å²) in [6.45, 7) is 1.56. The van der Waals surface area contributed by atoms with E-state index in [9.17, 15) is 9.18 Å². The summed E-state index contributed by atoms with van der Waals surface area (Å²) in [5.74, 6) is 0.653. The van der Waals surface area contributed by atoms with Crippen LogP contribution in [0, 0.1) is 5.82 Å². The molecule has 1 amide bonds. The molecule has 1 aliphatic heterocycles. The fraction of sp³-hybridized carbons (Fsp3) is 0.400. The van der Waals surface area contributed by atoms with E-state index in [1.165, 1.54) is 12.1 Å². The van der Waals surface area contributed by atoms with Gasteiger partial charge in [0, 0.05) is 27.1 Å². The van der Waals surface area contributed by atoms with Gasteiger partial charge in [-0.25, -0.2) is 9.37 Å². The molecule has 1 saturated heterocycles. The van der Waals surface area contributed by atoms with E-state index in [0.29, 0.717) is 32.5 Å². The predicted octanol–water partition coefficient (Wildman–Crippen LogP) is 2.82. The van der Waals surface area contributed by atoms with Crippen LogP contribution in [0.25, 0.3) is 0 Å². The minimum atomic E-state index is -0.270. The standard InChI is InChI=1S/C20H24FN3O2/c1-23(2)19-8-4-7-17(22-19)18-14-24(11-12-26-18)20(25)10-9-15-5-3-6-16(21)13-15/h3-8,13,18H,9-12,14H2,1-2H3/t18-/m1/s1. The van der Waals surface area contributed by atoms with Crippen molar-refractivity contribution in [3.63, 3.8) is 0 Å². The molecule has 0 bridgehead atoms. The van der Waals surface area contributed by atoms with E-state index in [-0.39, 0.29) is 17.8 Å². The second-order valence-corrected chi connectivity index (χ2v) is 6.64. The van der Waals surface area contributed by atoms with Crippen molar-refractivity contribution < 1.29 is 13.9 Å². The number of anilines is 1. The first-order valence-electron chi connectivity index (χ1n) is 8.81. The minimum absolute atomic E-state index is 0.0614. The van der Waals surface area contributed by atoms with Crippen LogP contribution in [0.5, 0.6) is 0 Å². The van der Waals surface area contributed by atoms with E-state index < -0.39 is 0 Å². The molecule has 0 saturated carbocycles. The molecule has 26 heavy (non-hydrogen) atoms. The third kappa shape index (κ3) is 4.58. The Kier molecular flexibility index (Phi) is 5.83. The summed E-state index contributed by atoms with van der Waals surface area (Å²) >= 11 is 0. The third-order valence-electron chi connectivity index (χ3n) is 4.48. The summed E-state index contributed by atoms with van der Waals surface area (Å²) in [6.07, 6.45) is 0.677. The van der Waals surface area contributed by atoms with Crippen molar-refractivity contribution in [1.82, 2.24) is 9.88 Å². The Morgan fingerprint density at radius 1 is 1.31 bits per heavy atom. The Morgan fingerprint density at radius 3 is 2.88 bits per heavy atom. The number of carbonyl (C=O) groups is 1. The molecule has 0 unspecified atom stereocenters. The average Bonchev–Trinajstić information content (AvgIpc) is 2.66. The number of amides is 1. The van der Waals surface area contributed by atoms with Crippen molar-refractivity contribution in [2.24, 2.45) is 0 Å². The fourth-order valence-corrected chi connectivity index (χ4v) is 3.02. The first-order chi connectivity index (χ1) is 12.5. The third-order valence-corrected chi connectivity index (χ3v) is 4.48. The summed E-state index contributed by atoms with van der Waals surface area (Å²) in [6, 6.07) is 12.2. The monoisotopic (exact) mass is 357 g/mol. The van der Waals surface area contributed by atoms with E-state index >= 15 is 0 Å². The lowest BCUT2D eigenvalue weighted by Crippen LogP contribution is -2.42. The van der Waals surface area contributed by atoms with Crippen molar-refractivity contribution in [3.05, 3.63) is 59.5 Å². The molecular formula is C20H24FN3O2. The summed E-state index contributed by atoms with van der Waals surface area (Å²) in [5, 5.41) is 0. The quantitative estimate of drug-likeness (QED) is 0.826. The molecule has 1 atom stereocenters. The molecular weight excluding hydrogens is 333 g/mol. The van der Waals surface area contributed by atoms with Crippen LogP contribution in [0.2, 0.25) is 0 Å². The number of rotatable bonds is 5. The second-order valence-electron chi connectivity index (χ2n) is 6.64. The number of benzene rings is 1. The Bertz CT molecular complexity index is 766. The molecule has 1 aromatic carbocycles. The smallest absolute Gasteiger partial charge is 0.223 e. The Morgan fingerprint density at radius 2 is 2.12 bits per heavy atom. The number of hydrogen-bond acceptors (Lipinski definition) is 4. The zero-order chi connectivity index (χ0) is 18.5. The number of halogens is 1. The Hall–Kier alpha value is -2.47. The van der Waals surface area contributed by atoms with Gasteiger partial charge in [0.1, 0.15) is 17.7 Å². The molecule has 5 nitrogen and oxygen atoms in total. The van der Waals surface area contributed by atoms with E-state index in [2.05, 4.69) is 4.98 Å². The van der Waals surface area contributed by atoms with Gasteiger partial charge < -0.3 is 14.5 Å². The van der Waals surface area contributed by atoms with Gasteiger partial charge in [0.05, 0.1) is 18.8 Å². The van der Waals surface area contributed by atoms with Crippen LogP contribution in [-0.4, -0.2) is 49.6 Å². The van der Waals surface area contributed by atoms with Crippen LogP contribution in [0.15, 0.2) is 42.5 Å². The van der Waals surface area contributed by atoms with Crippen LogP contribution in [0.1, 0.15) is 23.8 Å². The number of aromatic nitrogens is 1. The van der Waals surface area contributed by atoms with Crippen LogP contribution < -0.4 is 4.90 Å². The molecule has 0 radical (unpaired) electrons. The molecule has 3 rings (SSSR count). The number of nitrogens with zero attached hydrogens (tertiary/aromatic N) is 3. The number of hydrogen-bond donors (Lipinski definition) is 0. The minimum Gasteiger partial charge on any atom is -0.368 e. The van der Waals surface area contributed by atoms with Crippen molar-refractivity contribution in [2.45, 2.75) is 18.9 Å². The van der Waals surface area contributed by atoms with E-state index in [0.717, 1.165) is 17.1 Å². The highest BCUT2D eigenvalue weighted by atomic mass is 19.1. The maximum atomic E-state index is 13.3. The van der Waals surface area contributed by atoms with Crippen molar-refractivity contribution in [3.8, 4) is 0 Å². The molecule has 2 heterocycles. The van der Waals surface area contributed by atoms with Crippen molar-refractivity contribution in [2.75, 3.05) is 38.7 Å². The van der Waals surface area contributed by atoms with Crippen LogP contribution in [-0.2, 0) is 16.0 Å². The normalized spacial score (nSPS) is 17.2. The van der Waals surface area contributed by atoms with Gasteiger partial charge in [-0.05, 0) is 36.2 Å². The van der Waals surface area contributed by atoms with Gasteiger partial charge in [-0.3, -0.25) is 4.79 Å². The lowest BCUT2D eigenvalue weighted by Gasteiger charge is -2.33. The summed E-state index contributed by atoms with van der Waals surface area (Å²) in [7, 11) is 3.88. The lowest BCUT2D eigenvalue weighted by atomic mass is 10.1. The Labute approximate surface area is 153 Å². The van der Waals surface area contributed by atoms with Crippen LogP contribution in [0.4, 0.5) is 10.2 Å². The number of ether oxygens (including phenoxy) is 1. The fourth-order valence-electron chi connectivity index (χ4n) is 3.02. The SMILES string of the molecule is CN(C)c1cccc([C@H]2CN(C(=O)CCc3cccc(F)c3)CCO2)n1. The van der Waals surface area contributed by atoms with Gasteiger partial charge in [0.25, 0.3) is 0 Å². The first-order valence-corrected chi connectivity index (χ1v) is 8.81. The van der Waals surface area contributed by atoms with Gasteiger partial charge >= 0.3 is 0 Å². The molecule has 0 N–H and O–H groups in total. The average molecular weight is 357 g/mol. The summed E-state index contributed by atoms with van der Waals surface area (Å²) in [4.78, 5) is 20.9. The van der Waals surface area contributed by atoms with Gasteiger partial charge in [-0.1, -0.05) is 18.2 Å². The molecule has 0 aliphatic carbocycles. The zero-order valence-electron chi connectivity index (χ0n) is 15.2. The van der Waals surface area contributed by atoms with Crippen molar-refractivity contribution in [1.29, 1.82) is 0 Å². The maximum Gasteiger partial charge on any atom is 0.223 e. The highest BCUT2D eigenvalue weighted by Crippen LogP contribution is 2.23. The van der Waals surface area contributed by atoms with Crippen LogP contribution >= 0.6 is 0 Å². The molecule has 1 aromatic heterocycles. The molecule has 1 aliphatic rings. The molecule has 6 heteroatoms. The molecule has 1 fully saturated rings. The topological polar surface area (TPSA) is 45.7 Å². The number of carbonyl (C=O) groups excluding carboxylic acids is 1. The zero-order valence-corrected chi connectivity index (χ0v) is 15.2.